The molecule has 232 valence electrons. The number of nitrogens with zero attached hydrogens (tertiary/aromatic N) is 1. The Morgan fingerprint density at radius 1 is 1.12 bits per heavy atom. The highest BCUT2D eigenvalue weighted by Gasteiger charge is 2.24. The van der Waals surface area contributed by atoms with Crippen molar-refractivity contribution in [1.29, 1.82) is 0 Å². The van der Waals surface area contributed by atoms with E-state index in [0.717, 1.165) is 58.7 Å². The normalized spacial score (nSPS) is 15.3. The summed E-state index contributed by atoms with van der Waals surface area (Å²) < 4.78 is 5.70. The van der Waals surface area contributed by atoms with Crippen LogP contribution in [0.3, 0.4) is 0 Å². The number of nitrogens with one attached hydrogen (secondary N) is 3. The maximum atomic E-state index is 12.5. The van der Waals surface area contributed by atoms with Crippen LogP contribution < -0.4 is 16.0 Å². The largest absolute Gasteiger partial charge is 0.385 e. The van der Waals surface area contributed by atoms with Gasteiger partial charge in [-0.25, -0.2) is 4.98 Å². The summed E-state index contributed by atoms with van der Waals surface area (Å²) in [5, 5.41) is 9.19. The average Bonchev–Trinajstić information content (AvgIpc) is 3.73. The van der Waals surface area contributed by atoms with Gasteiger partial charge in [0.2, 0.25) is 17.7 Å². The van der Waals surface area contributed by atoms with Gasteiger partial charge in [0.15, 0.2) is 0 Å². The second-order valence-electron chi connectivity index (χ2n) is 9.07. The van der Waals surface area contributed by atoms with Crippen LogP contribution in [0, 0.1) is 0 Å². The molecule has 11 heteroatoms. The predicted octanol–water partition coefficient (Wildman–Crippen LogP) is 4.34. The number of ether oxygens (including phenoxy) is 1. The molecule has 4 rings (SSSR count). The fourth-order valence-electron chi connectivity index (χ4n) is 3.65. The second-order valence-corrected chi connectivity index (χ2v) is 10.1. The summed E-state index contributed by atoms with van der Waals surface area (Å²) in [4.78, 5) is 56.1. The van der Waals surface area contributed by atoms with E-state index in [1.165, 1.54) is 18.3 Å². The van der Waals surface area contributed by atoms with Gasteiger partial charge in [0.05, 0.1) is 28.7 Å². The summed E-state index contributed by atoms with van der Waals surface area (Å²) in [5.74, 6) is -0.813. The molecule has 3 amide bonds. The number of benzene rings is 1. The minimum atomic E-state index is -0.429. The molecule has 1 aromatic heterocycles. The third-order valence-corrected chi connectivity index (χ3v) is 6.97. The third-order valence-electron chi connectivity index (χ3n) is 5.76. The lowest BCUT2D eigenvalue weighted by atomic mass is 9.97. The van der Waals surface area contributed by atoms with Crippen LogP contribution in [0.2, 0.25) is 0 Å². The predicted molar refractivity (Wildman–Crippen MR) is 169 cm³/mol. The van der Waals surface area contributed by atoms with Crippen molar-refractivity contribution >= 4 is 58.4 Å². The smallest absolute Gasteiger partial charge is 0.239 e. The highest BCUT2D eigenvalue weighted by atomic mass is 32.1. The maximum Gasteiger partial charge on any atom is 0.239 e. The third kappa shape index (κ3) is 13.8. The molecular weight excluding hydrogens is 556 g/mol. The highest BCUT2D eigenvalue weighted by molar-refractivity contribution is 7.18. The molecular formula is C31H46N4O6S. The number of fused-ring (bicyclic) bond motifs is 1. The highest BCUT2D eigenvalue weighted by Crippen LogP contribution is 2.31. The number of aromatic nitrogens is 1. The van der Waals surface area contributed by atoms with Crippen molar-refractivity contribution < 1.29 is 28.7 Å². The molecule has 10 nitrogen and oxygen atoms in total. The van der Waals surface area contributed by atoms with E-state index in [9.17, 15) is 14.4 Å². The molecule has 2 aromatic rings. The Labute approximate surface area is 253 Å². The number of amides is 3. The molecule has 3 N–H and O–H groups in total. The van der Waals surface area contributed by atoms with E-state index in [1.54, 1.807) is 14.0 Å². The second kappa shape index (κ2) is 22.0. The van der Waals surface area contributed by atoms with Crippen LogP contribution >= 0.6 is 11.3 Å². The molecule has 2 aliphatic carbocycles. The molecule has 0 saturated heterocycles. The number of hydrogen-bond donors (Lipinski definition) is 3. The number of rotatable bonds is 9. The van der Waals surface area contributed by atoms with Gasteiger partial charge in [-0.3, -0.25) is 14.4 Å². The van der Waals surface area contributed by atoms with Crippen LogP contribution in [-0.4, -0.2) is 68.6 Å². The van der Waals surface area contributed by atoms with Gasteiger partial charge in [0.25, 0.3) is 0 Å². The number of hydrogen-bond acceptors (Lipinski definition) is 8. The van der Waals surface area contributed by atoms with Crippen LogP contribution in [0.1, 0.15) is 76.8 Å². The summed E-state index contributed by atoms with van der Waals surface area (Å²) in [6.45, 7) is 14.3. The van der Waals surface area contributed by atoms with Gasteiger partial charge in [0, 0.05) is 26.7 Å². The Balaban J connectivity index is 0.00000134. The zero-order chi connectivity index (χ0) is 32.1. The molecule has 2 unspecified atom stereocenters. The molecule has 1 saturated carbocycles. The molecule has 2 atom stereocenters. The lowest BCUT2D eigenvalue weighted by Gasteiger charge is -2.17. The van der Waals surface area contributed by atoms with Crippen LogP contribution in [0.15, 0.2) is 36.4 Å². The van der Waals surface area contributed by atoms with Crippen molar-refractivity contribution in [3.05, 3.63) is 47.0 Å². The fraction of sp³-hybridized carbons (Fsp3) is 0.484. The minimum absolute atomic E-state index is 0.00527. The Morgan fingerprint density at radius 2 is 1.79 bits per heavy atom. The first kappa shape index (κ1) is 38.3. The number of thiazole rings is 1. The van der Waals surface area contributed by atoms with Gasteiger partial charge < -0.3 is 30.3 Å². The van der Waals surface area contributed by atoms with E-state index in [-0.39, 0.29) is 36.3 Å². The summed E-state index contributed by atoms with van der Waals surface area (Å²) in [6, 6.07) is 6.39. The molecule has 0 spiro atoms. The first-order chi connectivity index (χ1) is 20.3. The molecule has 42 heavy (non-hydrogen) atoms. The topological polar surface area (TPSA) is 144 Å². The van der Waals surface area contributed by atoms with Crippen molar-refractivity contribution in [2.45, 2.75) is 78.3 Å². The lowest BCUT2D eigenvalue weighted by molar-refractivity contribution is -0.126. The van der Waals surface area contributed by atoms with Crippen LogP contribution in [-0.2, 0) is 28.7 Å². The van der Waals surface area contributed by atoms with Gasteiger partial charge in [-0.1, -0.05) is 45.1 Å². The van der Waals surface area contributed by atoms with Crippen molar-refractivity contribution in [3.8, 4) is 0 Å². The molecule has 0 aliphatic heterocycles. The van der Waals surface area contributed by atoms with E-state index < -0.39 is 5.92 Å². The summed E-state index contributed by atoms with van der Waals surface area (Å²) in [6.07, 6.45) is 10.1. The number of carbonyl (C=O) groups is 5. The zero-order valence-corrected chi connectivity index (χ0v) is 26.5. The van der Waals surface area contributed by atoms with Crippen LogP contribution in [0.4, 0.5) is 0 Å². The summed E-state index contributed by atoms with van der Waals surface area (Å²) >= 11 is 1.49. The SMILES string of the molecule is C=O.C=O.CC.CC(=O)NC1C=CC(c2ccc3nc(C(C)C(=O)NCC(=O)NC4CC4)sc3c2)=CC1.CCCOC. The van der Waals surface area contributed by atoms with Gasteiger partial charge in [-0.2, -0.15) is 0 Å². The fourth-order valence-corrected chi connectivity index (χ4v) is 4.71. The first-order valence-electron chi connectivity index (χ1n) is 14.0. The minimum Gasteiger partial charge on any atom is -0.385 e. The number of carbonyl (C=O) groups excluding carboxylic acids is 5. The van der Waals surface area contributed by atoms with Crippen molar-refractivity contribution in [3.63, 3.8) is 0 Å². The molecule has 1 heterocycles. The van der Waals surface area contributed by atoms with Gasteiger partial charge in [0.1, 0.15) is 18.6 Å². The van der Waals surface area contributed by atoms with E-state index in [4.69, 9.17) is 14.3 Å². The molecule has 2 aliphatic rings. The summed E-state index contributed by atoms with van der Waals surface area (Å²) in [5.41, 5.74) is 3.03. The standard InChI is InChI=1S/C23H26N4O3S.C4H10O.C2H6.2CH2O/c1-13(22(30)24-12-21(29)26-18-8-9-18)23-27-19-10-5-16(11-20(19)31-23)15-3-6-17(7-4-15)25-14(2)28;1-3-4-5-2;3*1-2/h3-6,10-11,13,17-18H,7-9,12H2,1-2H3,(H,24,30)(H,25,28)(H,26,29);3-4H2,1-2H3;1-2H3;2*1H2. The molecule has 0 bridgehead atoms. The molecule has 1 fully saturated rings. The van der Waals surface area contributed by atoms with Crippen molar-refractivity contribution in [2.24, 2.45) is 0 Å². The van der Waals surface area contributed by atoms with Crippen LogP contribution in [0.25, 0.3) is 15.8 Å². The average molecular weight is 603 g/mol. The number of methoxy groups -OCH3 is 1. The van der Waals surface area contributed by atoms with E-state index in [1.807, 2.05) is 51.7 Å². The van der Waals surface area contributed by atoms with Gasteiger partial charge in [-0.05, 0) is 55.9 Å². The van der Waals surface area contributed by atoms with Crippen molar-refractivity contribution in [1.82, 2.24) is 20.9 Å². The van der Waals surface area contributed by atoms with Gasteiger partial charge in [-0.15, -0.1) is 11.3 Å². The number of allylic oxidation sites excluding steroid dienone is 2. The van der Waals surface area contributed by atoms with Crippen molar-refractivity contribution in [2.75, 3.05) is 20.3 Å². The Hall–Kier alpha value is -3.70. The van der Waals surface area contributed by atoms with Crippen LogP contribution in [0.5, 0.6) is 0 Å². The molecule has 0 radical (unpaired) electrons. The maximum absolute atomic E-state index is 12.5. The lowest BCUT2D eigenvalue weighted by Crippen LogP contribution is -2.39. The Bertz CT molecular complexity index is 1170. The van der Waals surface area contributed by atoms with E-state index in [0.29, 0.717) is 0 Å². The van der Waals surface area contributed by atoms with E-state index >= 15 is 0 Å². The zero-order valence-electron chi connectivity index (χ0n) is 25.7. The van der Waals surface area contributed by atoms with E-state index in [2.05, 4.69) is 40.0 Å². The molecule has 1 aromatic carbocycles. The monoisotopic (exact) mass is 602 g/mol. The van der Waals surface area contributed by atoms with Gasteiger partial charge >= 0.3 is 0 Å². The summed E-state index contributed by atoms with van der Waals surface area (Å²) in [7, 11) is 1.71. The quantitative estimate of drug-likeness (QED) is 0.387. The first-order valence-corrected chi connectivity index (χ1v) is 14.8. The Kier molecular flexibility index (Phi) is 20.0. The Morgan fingerprint density at radius 3 is 2.29 bits per heavy atom.